The van der Waals surface area contributed by atoms with Crippen molar-refractivity contribution in [2.24, 2.45) is 5.92 Å². The maximum absolute atomic E-state index is 11.0. The number of carbonyl (C=O) groups is 1. The molecule has 1 fully saturated rings. The van der Waals surface area contributed by atoms with E-state index in [1.807, 2.05) is 0 Å². The zero-order valence-corrected chi connectivity index (χ0v) is 10.5. The van der Waals surface area contributed by atoms with Gasteiger partial charge in [-0.2, -0.15) is 0 Å². The molecule has 1 rings (SSSR count). The quantitative estimate of drug-likeness (QED) is 0.428. The molecule has 1 atom stereocenters. The molecule has 0 saturated heterocycles. The van der Waals surface area contributed by atoms with E-state index < -0.39 is 6.10 Å². The van der Waals surface area contributed by atoms with Crippen molar-refractivity contribution in [2.75, 3.05) is 32.9 Å². The molecule has 5 heteroatoms. The number of hydrogen-bond donors (Lipinski definition) is 2. The van der Waals surface area contributed by atoms with Gasteiger partial charge in [-0.15, -0.1) is 0 Å². The molecule has 5 nitrogen and oxygen atoms in total. The highest BCUT2D eigenvalue weighted by atomic mass is 16.5. The summed E-state index contributed by atoms with van der Waals surface area (Å²) in [7, 11) is 0. The lowest BCUT2D eigenvalue weighted by Gasteiger charge is -2.11. The summed E-state index contributed by atoms with van der Waals surface area (Å²) in [6.45, 7) is 4.71. The van der Waals surface area contributed by atoms with Gasteiger partial charge >= 0.3 is 5.97 Å². The van der Waals surface area contributed by atoms with Gasteiger partial charge in [0, 0.05) is 19.7 Å². The fourth-order valence-electron chi connectivity index (χ4n) is 1.43. The van der Waals surface area contributed by atoms with Gasteiger partial charge < -0.3 is 19.9 Å². The molecule has 1 aliphatic carbocycles. The van der Waals surface area contributed by atoms with Crippen molar-refractivity contribution >= 4 is 5.97 Å². The molecule has 0 aromatic rings. The lowest BCUT2D eigenvalue weighted by molar-refractivity contribution is -0.145. The summed E-state index contributed by atoms with van der Waals surface area (Å²) < 4.78 is 10.2. The SMILES string of the molecule is CCOC(=O)CC(O)CNCCOCC1CC1. The second-order valence-electron chi connectivity index (χ2n) is 4.39. The van der Waals surface area contributed by atoms with Gasteiger partial charge in [0.05, 0.1) is 25.7 Å². The Hall–Kier alpha value is -0.650. The van der Waals surface area contributed by atoms with E-state index in [0.717, 1.165) is 12.5 Å². The van der Waals surface area contributed by atoms with E-state index >= 15 is 0 Å². The molecule has 0 amide bonds. The van der Waals surface area contributed by atoms with Gasteiger partial charge in [-0.05, 0) is 25.7 Å². The predicted octanol–water partition coefficient (Wildman–Crippen LogP) is 0.317. The van der Waals surface area contributed by atoms with Crippen LogP contribution in [0.25, 0.3) is 0 Å². The summed E-state index contributed by atoms with van der Waals surface area (Å²) in [6, 6.07) is 0. The van der Waals surface area contributed by atoms with Gasteiger partial charge in [0.25, 0.3) is 0 Å². The first-order valence-corrected chi connectivity index (χ1v) is 6.34. The van der Waals surface area contributed by atoms with E-state index in [1.165, 1.54) is 12.8 Å². The summed E-state index contributed by atoms with van der Waals surface area (Å²) in [4.78, 5) is 11.0. The van der Waals surface area contributed by atoms with E-state index in [-0.39, 0.29) is 12.4 Å². The molecule has 100 valence electrons. The van der Waals surface area contributed by atoms with Crippen molar-refractivity contribution in [2.45, 2.75) is 32.3 Å². The minimum atomic E-state index is -0.683. The first-order valence-electron chi connectivity index (χ1n) is 6.34. The molecule has 1 unspecified atom stereocenters. The fourth-order valence-corrected chi connectivity index (χ4v) is 1.43. The van der Waals surface area contributed by atoms with Crippen LogP contribution in [-0.4, -0.2) is 50.1 Å². The molecule has 0 bridgehead atoms. The summed E-state index contributed by atoms with van der Waals surface area (Å²) >= 11 is 0. The molecule has 0 aromatic carbocycles. The van der Waals surface area contributed by atoms with Crippen LogP contribution in [0.2, 0.25) is 0 Å². The molecule has 0 aliphatic heterocycles. The number of rotatable bonds is 10. The summed E-state index contributed by atoms with van der Waals surface area (Å²) in [5.41, 5.74) is 0. The average molecular weight is 245 g/mol. The van der Waals surface area contributed by atoms with E-state index in [4.69, 9.17) is 9.47 Å². The third-order valence-corrected chi connectivity index (χ3v) is 2.56. The van der Waals surface area contributed by atoms with Gasteiger partial charge in [0.15, 0.2) is 0 Å². The Morgan fingerprint density at radius 1 is 1.53 bits per heavy atom. The largest absolute Gasteiger partial charge is 0.466 e. The van der Waals surface area contributed by atoms with Gasteiger partial charge in [0.1, 0.15) is 0 Å². The second kappa shape index (κ2) is 8.44. The van der Waals surface area contributed by atoms with Crippen LogP contribution in [0.3, 0.4) is 0 Å². The van der Waals surface area contributed by atoms with Crippen molar-refractivity contribution < 1.29 is 19.4 Å². The number of aliphatic hydroxyl groups is 1. The van der Waals surface area contributed by atoms with E-state index in [2.05, 4.69) is 5.32 Å². The van der Waals surface area contributed by atoms with Crippen molar-refractivity contribution in [1.29, 1.82) is 0 Å². The van der Waals surface area contributed by atoms with Crippen molar-refractivity contribution in [1.82, 2.24) is 5.32 Å². The maximum Gasteiger partial charge on any atom is 0.308 e. The molecule has 0 spiro atoms. The van der Waals surface area contributed by atoms with Crippen LogP contribution in [0.15, 0.2) is 0 Å². The van der Waals surface area contributed by atoms with Crippen LogP contribution in [0.5, 0.6) is 0 Å². The molecule has 0 heterocycles. The van der Waals surface area contributed by atoms with E-state index in [1.54, 1.807) is 6.92 Å². The van der Waals surface area contributed by atoms with Gasteiger partial charge in [-0.1, -0.05) is 0 Å². The van der Waals surface area contributed by atoms with Crippen molar-refractivity contribution in [3.63, 3.8) is 0 Å². The summed E-state index contributed by atoms with van der Waals surface area (Å²) in [5, 5.41) is 12.5. The highest BCUT2D eigenvalue weighted by molar-refractivity contribution is 5.69. The Bertz CT molecular complexity index is 219. The van der Waals surface area contributed by atoms with Crippen LogP contribution in [0.4, 0.5) is 0 Å². The number of aliphatic hydroxyl groups excluding tert-OH is 1. The standard InChI is InChI=1S/C12H23NO4/c1-2-17-12(15)7-11(14)8-13-5-6-16-9-10-3-4-10/h10-11,13-14H,2-9H2,1H3. The smallest absolute Gasteiger partial charge is 0.308 e. The molecule has 1 aliphatic rings. The molecule has 2 N–H and O–H groups in total. The minimum absolute atomic E-state index is 0.0454. The Balaban J connectivity index is 1.84. The highest BCUT2D eigenvalue weighted by Crippen LogP contribution is 2.28. The first kappa shape index (κ1) is 14.4. The molecule has 0 aromatic heterocycles. The third kappa shape index (κ3) is 8.12. The highest BCUT2D eigenvalue weighted by Gasteiger charge is 2.20. The van der Waals surface area contributed by atoms with E-state index in [9.17, 15) is 9.90 Å². The Morgan fingerprint density at radius 2 is 2.29 bits per heavy atom. The number of carbonyl (C=O) groups excluding carboxylic acids is 1. The third-order valence-electron chi connectivity index (χ3n) is 2.56. The number of hydrogen-bond acceptors (Lipinski definition) is 5. The number of ether oxygens (including phenoxy) is 2. The Kier molecular flexibility index (Phi) is 7.16. The molecule has 0 radical (unpaired) electrons. The van der Waals surface area contributed by atoms with Crippen LogP contribution < -0.4 is 5.32 Å². The van der Waals surface area contributed by atoms with Crippen LogP contribution in [0.1, 0.15) is 26.2 Å². The first-order chi connectivity index (χ1) is 8.22. The van der Waals surface area contributed by atoms with Crippen molar-refractivity contribution in [3.05, 3.63) is 0 Å². The van der Waals surface area contributed by atoms with E-state index in [0.29, 0.717) is 26.3 Å². The Morgan fingerprint density at radius 3 is 2.94 bits per heavy atom. The second-order valence-corrected chi connectivity index (χ2v) is 4.39. The molecular weight excluding hydrogens is 222 g/mol. The zero-order chi connectivity index (χ0) is 12.5. The Labute approximate surface area is 102 Å². The average Bonchev–Trinajstić information content (AvgIpc) is 3.07. The normalized spacial score (nSPS) is 16.8. The molecule has 1 saturated carbocycles. The monoisotopic (exact) mass is 245 g/mol. The lowest BCUT2D eigenvalue weighted by atomic mass is 10.2. The van der Waals surface area contributed by atoms with Crippen LogP contribution in [-0.2, 0) is 14.3 Å². The van der Waals surface area contributed by atoms with Crippen LogP contribution >= 0.6 is 0 Å². The molecular formula is C12H23NO4. The zero-order valence-electron chi connectivity index (χ0n) is 10.5. The van der Waals surface area contributed by atoms with Gasteiger partial charge in [-0.25, -0.2) is 0 Å². The maximum atomic E-state index is 11.0. The molecule has 17 heavy (non-hydrogen) atoms. The summed E-state index contributed by atoms with van der Waals surface area (Å²) in [6.07, 6.45) is 1.96. The van der Waals surface area contributed by atoms with Gasteiger partial charge in [0.2, 0.25) is 0 Å². The fraction of sp³-hybridized carbons (Fsp3) is 0.917. The van der Waals surface area contributed by atoms with Crippen LogP contribution in [0, 0.1) is 5.92 Å². The van der Waals surface area contributed by atoms with Gasteiger partial charge in [-0.3, -0.25) is 4.79 Å². The van der Waals surface area contributed by atoms with Crippen molar-refractivity contribution in [3.8, 4) is 0 Å². The lowest BCUT2D eigenvalue weighted by Crippen LogP contribution is -2.31. The topological polar surface area (TPSA) is 67.8 Å². The predicted molar refractivity (Wildman–Crippen MR) is 63.7 cm³/mol. The summed E-state index contributed by atoms with van der Waals surface area (Å²) in [5.74, 6) is 0.427. The minimum Gasteiger partial charge on any atom is -0.466 e. The number of nitrogens with one attached hydrogen (secondary N) is 1. The number of esters is 1.